The minimum absolute atomic E-state index is 0.0795. The second-order valence-electron chi connectivity index (χ2n) is 6.05. The number of benzene rings is 1. The number of hydrogen-bond donors (Lipinski definition) is 0. The fraction of sp³-hybridized carbons (Fsp3) is 0.235. The molecular formula is C17H11BrF3N3O3. The van der Waals surface area contributed by atoms with Crippen LogP contribution in [0.3, 0.4) is 0 Å². The van der Waals surface area contributed by atoms with Crippen LogP contribution in [-0.2, 0) is 6.18 Å². The predicted octanol–water partition coefficient (Wildman–Crippen LogP) is 4.35. The third-order valence-corrected chi connectivity index (χ3v) is 4.62. The maximum absolute atomic E-state index is 12.8. The summed E-state index contributed by atoms with van der Waals surface area (Å²) in [6.07, 6.45) is -4.45. The van der Waals surface area contributed by atoms with Gasteiger partial charge in [-0.15, -0.1) is 0 Å². The lowest BCUT2D eigenvalue weighted by Gasteiger charge is -2.36. The lowest BCUT2D eigenvalue weighted by Crippen LogP contribution is -2.48. The molecule has 1 saturated heterocycles. The Bertz CT molecular complexity index is 992. The number of aromatic nitrogens is 2. The van der Waals surface area contributed by atoms with Gasteiger partial charge in [0.1, 0.15) is 0 Å². The van der Waals surface area contributed by atoms with Crippen molar-refractivity contribution in [1.29, 1.82) is 0 Å². The maximum atomic E-state index is 12.8. The molecule has 0 radical (unpaired) electrons. The molecule has 3 aromatic rings. The van der Waals surface area contributed by atoms with Crippen molar-refractivity contribution in [2.45, 2.75) is 12.1 Å². The molecule has 2 aromatic heterocycles. The van der Waals surface area contributed by atoms with E-state index in [4.69, 9.17) is 8.94 Å². The molecule has 0 N–H and O–H groups in total. The molecule has 1 aliphatic rings. The number of amides is 1. The second-order valence-corrected chi connectivity index (χ2v) is 6.83. The van der Waals surface area contributed by atoms with Gasteiger partial charge >= 0.3 is 6.18 Å². The molecule has 0 atom stereocenters. The highest BCUT2D eigenvalue weighted by Gasteiger charge is 2.37. The van der Waals surface area contributed by atoms with Crippen molar-refractivity contribution in [3.8, 4) is 11.4 Å². The molecular weight excluding hydrogens is 431 g/mol. The van der Waals surface area contributed by atoms with Crippen molar-refractivity contribution in [3.05, 3.63) is 58.3 Å². The minimum atomic E-state index is -4.45. The first kappa shape index (κ1) is 17.8. The number of alkyl halides is 3. The Morgan fingerprint density at radius 3 is 2.67 bits per heavy atom. The highest BCUT2D eigenvalue weighted by Crippen LogP contribution is 2.33. The number of likely N-dealkylation sites (tertiary alicyclic amines) is 1. The van der Waals surface area contributed by atoms with Gasteiger partial charge in [-0.2, -0.15) is 18.2 Å². The van der Waals surface area contributed by atoms with Gasteiger partial charge in [0.25, 0.3) is 5.91 Å². The zero-order chi connectivity index (χ0) is 19.2. The lowest BCUT2D eigenvalue weighted by molar-refractivity contribution is -0.137. The number of halogens is 4. The van der Waals surface area contributed by atoms with Crippen molar-refractivity contribution in [2.24, 2.45) is 0 Å². The van der Waals surface area contributed by atoms with E-state index in [-0.39, 0.29) is 34.9 Å². The molecule has 6 nitrogen and oxygen atoms in total. The molecule has 1 aliphatic heterocycles. The summed E-state index contributed by atoms with van der Waals surface area (Å²) in [7, 11) is 0. The highest BCUT2D eigenvalue weighted by atomic mass is 79.9. The van der Waals surface area contributed by atoms with E-state index in [1.807, 2.05) is 0 Å². The molecule has 0 bridgehead atoms. The van der Waals surface area contributed by atoms with E-state index in [0.717, 1.165) is 12.1 Å². The van der Waals surface area contributed by atoms with Crippen LogP contribution in [0.1, 0.15) is 27.9 Å². The Morgan fingerprint density at radius 2 is 2.00 bits per heavy atom. The van der Waals surface area contributed by atoms with Gasteiger partial charge in [-0.1, -0.05) is 17.3 Å². The van der Waals surface area contributed by atoms with Gasteiger partial charge in [0.15, 0.2) is 10.4 Å². The SMILES string of the molecule is O=C(c1ccc(Br)o1)N1CC(c2nc(-c3cccc(C(F)(F)F)c3)no2)C1. The van der Waals surface area contributed by atoms with Crippen molar-refractivity contribution in [1.82, 2.24) is 15.0 Å². The van der Waals surface area contributed by atoms with Gasteiger partial charge in [-0.05, 0) is 40.2 Å². The molecule has 1 amide bonds. The summed E-state index contributed by atoms with van der Waals surface area (Å²) in [5.74, 6) is 0.160. The Hall–Kier alpha value is -2.62. The molecule has 4 rings (SSSR count). The Labute approximate surface area is 159 Å². The van der Waals surface area contributed by atoms with Gasteiger partial charge in [-0.25, -0.2) is 0 Å². The van der Waals surface area contributed by atoms with Crippen LogP contribution in [0.5, 0.6) is 0 Å². The molecule has 140 valence electrons. The van der Waals surface area contributed by atoms with E-state index in [1.54, 1.807) is 17.0 Å². The molecule has 1 aromatic carbocycles. The predicted molar refractivity (Wildman–Crippen MR) is 89.8 cm³/mol. The Morgan fingerprint density at radius 1 is 1.22 bits per heavy atom. The Balaban J connectivity index is 1.45. The molecule has 27 heavy (non-hydrogen) atoms. The number of rotatable bonds is 3. The fourth-order valence-electron chi connectivity index (χ4n) is 2.74. The highest BCUT2D eigenvalue weighted by molar-refractivity contribution is 9.10. The topological polar surface area (TPSA) is 72.4 Å². The molecule has 0 aliphatic carbocycles. The van der Waals surface area contributed by atoms with Gasteiger partial charge in [0.2, 0.25) is 11.7 Å². The monoisotopic (exact) mass is 441 g/mol. The van der Waals surface area contributed by atoms with E-state index in [2.05, 4.69) is 26.1 Å². The van der Waals surface area contributed by atoms with Crippen molar-refractivity contribution >= 4 is 21.8 Å². The first-order valence-electron chi connectivity index (χ1n) is 7.87. The van der Waals surface area contributed by atoms with E-state index in [1.165, 1.54) is 12.1 Å². The van der Waals surface area contributed by atoms with Gasteiger partial charge in [-0.3, -0.25) is 4.79 Å². The molecule has 0 unspecified atom stereocenters. The van der Waals surface area contributed by atoms with E-state index >= 15 is 0 Å². The molecule has 0 saturated carbocycles. The lowest BCUT2D eigenvalue weighted by atomic mass is 10.00. The zero-order valence-corrected chi connectivity index (χ0v) is 15.1. The normalized spacial score (nSPS) is 15.0. The zero-order valence-electron chi connectivity index (χ0n) is 13.5. The first-order chi connectivity index (χ1) is 12.8. The van der Waals surface area contributed by atoms with E-state index in [0.29, 0.717) is 17.8 Å². The smallest absolute Gasteiger partial charge is 0.416 e. The van der Waals surface area contributed by atoms with E-state index in [9.17, 15) is 18.0 Å². The number of carbonyl (C=O) groups is 1. The van der Waals surface area contributed by atoms with Gasteiger partial charge in [0.05, 0.1) is 11.5 Å². The van der Waals surface area contributed by atoms with Gasteiger partial charge < -0.3 is 13.8 Å². The summed E-state index contributed by atoms with van der Waals surface area (Å²) in [5.41, 5.74) is -0.566. The largest absolute Gasteiger partial charge is 0.444 e. The summed E-state index contributed by atoms with van der Waals surface area (Å²) in [4.78, 5) is 18.0. The Kier molecular flexibility index (Phi) is 4.29. The summed E-state index contributed by atoms with van der Waals surface area (Å²) >= 11 is 3.14. The average Bonchev–Trinajstić information content (AvgIpc) is 3.22. The van der Waals surface area contributed by atoms with E-state index < -0.39 is 11.7 Å². The van der Waals surface area contributed by atoms with Gasteiger partial charge in [0, 0.05) is 18.7 Å². The third-order valence-electron chi connectivity index (χ3n) is 4.19. The molecule has 0 spiro atoms. The third kappa shape index (κ3) is 3.48. The average molecular weight is 442 g/mol. The number of carbonyl (C=O) groups excluding carboxylic acids is 1. The van der Waals surface area contributed by atoms with Crippen LogP contribution < -0.4 is 0 Å². The number of nitrogens with zero attached hydrogens (tertiary/aromatic N) is 3. The van der Waals surface area contributed by atoms with Crippen LogP contribution in [0.25, 0.3) is 11.4 Å². The van der Waals surface area contributed by atoms with Crippen LogP contribution in [0.15, 0.2) is 50.0 Å². The summed E-state index contributed by atoms with van der Waals surface area (Å²) < 4.78 is 49.4. The fourth-order valence-corrected chi connectivity index (χ4v) is 3.05. The minimum Gasteiger partial charge on any atom is -0.444 e. The molecule has 1 fully saturated rings. The summed E-state index contributed by atoms with van der Waals surface area (Å²) in [6.45, 7) is 0.725. The van der Waals surface area contributed by atoms with Crippen molar-refractivity contribution < 1.29 is 26.9 Å². The van der Waals surface area contributed by atoms with Crippen LogP contribution in [0.2, 0.25) is 0 Å². The number of hydrogen-bond acceptors (Lipinski definition) is 5. The maximum Gasteiger partial charge on any atom is 0.416 e. The van der Waals surface area contributed by atoms with Crippen molar-refractivity contribution in [2.75, 3.05) is 13.1 Å². The second kappa shape index (κ2) is 6.52. The van der Waals surface area contributed by atoms with Crippen LogP contribution in [0.4, 0.5) is 13.2 Å². The summed E-state index contributed by atoms with van der Waals surface area (Å²) in [5, 5.41) is 3.76. The van der Waals surface area contributed by atoms with Crippen LogP contribution >= 0.6 is 15.9 Å². The first-order valence-corrected chi connectivity index (χ1v) is 8.66. The molecule has 3 heterocycles. The standard InChI is InChI=1S/C17H11BrF3N3O3/c18-13-5-4-12(26-13)16(25)24-7-10(8-24)15-22-14(23-27-15)9-2-1-3-11(6-9)17(19,20)21/h1-6,10H,7-8H2. The summed E-state index contributed by atoms with van der Waals surface area (Å²) in [6, 6.07) is 7.92. The molecule has 10 heteroatoms. The number of furan rings is 1. The quantitative estimate of drug-likeness (QED) is 0.603. The van der Waals surface area contributed by atoms with Crippen LogP contribution in [-0.4, -0.2) is 34.0 Å². The van der Waals surface area contributed by atoms with Crippen molar-refractivity contribution in [3.63, 3.8) is 0 Å². The van der Waals surface area contributed by atoms with Crippen LogP contribution in [0, 0.1) is 0 Å².